The summed E-state index contributed by atoms with van der Waals surface area (Å²) in [6, 6.07) is 12.7. The molecule has 0 amide bonds. The third-order valence-corrected chi connectivity index (χ3v) is 3.66. The molecule has 19 heavy (non-hydrogen) atoms. The minimum Gasteiger partial charge on any atom is -0.381 e. The van der Waals surface area contributed by atoms with Crippen LogP contribution < -0.4 is 0 Å². The highest BCUT2D eigenvalue weighted by molar-refractivity contribution is 5.38. The van der Waals surface area contributed by atoms with E-state index in [2.05, 4.69) is 6.92 Å². The van der Waals surface area contributed by atoms with E-state index < -0.39 is 5.60 Å². The van der Waals surface area contributed by atoms with Gasteiger partial charge in [0.25, 0.3) is 0 Å². The second kappa shape index (κ2) is 5.14. The van der Waals surface area contributed by atoms with Crippen LogP contribution in [-0.4, -0.2) is 5.11 Å². The molecular weight excluding hydrogens is 239 g/mol. The first-order valence-electron chi connectivity index (χ1n) is 6.53. The molecule has 0 spiro atoms. The van der Waals surface area contributed by atoms with E-state index in [1.54, 1.807) is 26.0 Å². The predicted octanol–water partition coefficient (Wildman–Crippen LogP) is 3.95. The number of hydrogen-bond acceptors (Lipinski definition) is 1. The minimum absolute atomic E-state index is 0.289. The molecule has 0 aromatic heterocycles. The summed E-state index contributed by atoms with van der Waals surface area (Å²) in [6.45, 7) is 5.49. The summed E-state index contributed by atoms with van der Waals surface area (Å²) in [5, 5.41) is 10.7. The van der Waals surface area contributed by atoms with E-state index in [1.807, 2.05) is 24.3 Å². The molecule has 0 aliphatic heterocycles. The average molecular weight is 258 g/mol. The predicted molar refractivity (Wildman–Crippen MR) is 75.6 cm³/mol. The van der Waals surface area contributed by atoms with Gasteiger partial charge in [-0.2, -0.15) is 0 Å². The summed E-state index contributed by atoms with van der Waals surface area (Å²) < 4.78 is 13.6. The Labute approximate surface area is 113 Å². The van der Waals surface area contributed by atoms with Gasteiger partial charge in [-0.25, -0.2) is 4.39 Å². The van der Waals surface area contributed by atoms with Crippen LogP contribution in [0.15, 0.2) is 42.5 Å². The molecule has 0 fully saturated rings. The maximum atomic E-state index is 13.6. The van der Waals surface area contributed by atoms with Crippen molar-refractivity contribution in [3.05, 3.63) is 70.5 Å². The van der Waals surface area contributed by atoms with Crippen LogP contribution in [0.3, 0.4) is 0 Å². The van der Waals surface area contributed by atoms with Crippen LogP contribution in [0.25, 0.3) is 0 Å². The Morgan fingerprint density at radius 2 is 1.63 bits per heavy atom. The molecule has 0 radical (unpaired) electrons. The van der Waals surface area contributed by atoms with Crippen molar-refractivity contribution in [2.24, 2.45) is 0 Å². The van der Waals surface area contributed by atoms with Crippen molar-refractivity contribution in [3.63, 3.8) is 0 Å². The fourth-order valence-corrected chi connectivity index (χ4v) is 2.13. The molecule has 0 aliphatic carbocycles. The average Bonchev–Trinajstić information content (AvgIpc) is 2.41. The molecule has 1 N–H and O–H groups in total. The van der Waals surface area contributed by atoms with Crippen LogP contribution in [0.2, 0.25) is 0 Å². The first kappa shape index (κ1) is 13.8. The SMILES string of the molecule is CCc1ccc(C(C)(O)c2ccc(C)c(F)c2)cc1. The summed E-state index contributed by atoms with van der Waals surface area (Å²) in [5.41, 5.74) is 1.96. The van der Waals surface area contributed by atoms with Gasteiger partial charge in [0.2, 0.25) is 0 Å². The molecule has 2 rings (SSSR count). The van der Waals surface area contributed by atoms with Gasteiger partial charge >= 0.3 is 0 Å². The molecule has 100 valence electrons. The van der Waals surface area contributed by atoms with E-state index in [-0.39, 0.29) is 5.82 Å². The Morgan fingerprint density at radius 1 is 1.05 bits per heavy atom. The number of benzene rings is 2. The molecule has 2 heteroatoms. The van der Waals surface area contributed by atoms with Crippen LogP contribution >= 0.6 is 0 Å². The highest BCUT2D eigenvalue weighted by Crippen LogP contribution is 2.30. The van der Waals surface area contributed by atoms with E-state index >= 15 is 0 Å². The van der Waals surface area contributed by atoms with E-state index in [9.17, 15) is 9.50 Å². The van der Waals surface area contributed by atoms with Crippen molar-refractivity contribution in [2.45, 2.75) is 32.8 Å². The van der Waals surface area contributed by atoms with E-state index in [0.29, 0.717) is 11.1 Å². The highest BCUT2D eigenvalue weighted by Gasteiger charge is 2.26. The topological polar surface area (TPSA) is 20.2 Å². The zero-order valence-corrected chi connectivity index (χ0v) is 11.6. The Kier molecular flexibility index (Phi) is 3.72. The zero-order chi connectivity index (χ0) is 14.0. The number of aryl methyl sites for hydroxylation is 2. The van der Waals surface area contributed by atoms with Gasteiger partial charge in [0.1, 0.15) is 11.4 Å². The lowest BCUT2D eigenvalue weighted by molar-refractivity contribution is 0.102. The smallest absolute Gasteiger partial charge is 0.126 e. The molecule has 1 atom stereocenters. The summed E-state index contributed by atoms with van der Waals surface area (Å²) in [5.74, 6) is -0.289. The third kappa shape index (κ3) is 2.69. The monoisotopic (exact) mass is 258 g/mol. The highest BCUT2D eigenvalue weighted by atomic mass is 19.1. The molecule has 2 aromatic rings. The molecule has 1 nitrogen and oxygen atoms in total. The summed E-state index contributed by atoms with van der Waals surface area (Å²) >= 11 is 0. The molecule has 0 bridgehead atoms. The summed E-state index contributed by atoms with van der Waals surface area (Å²) in [4.78, 5) is 0. The number of rotatable bonds is 3. The van der Waals surface area contributed by atoms with Gasteiger partial charge in [0, 0.05) is 0 Å². The Hall–Kier alpha value is -1.67. The van der Waals surface area contributed by atoms with Gasteiger partial charge in [-0.1, -0.05) is 43.3 Å². The number of hydrogen-bond donors (Lipinski definition) is 1. The van der Waals surface area contributed by atoms with Crippen molar-refractivity contribution in [2.75, 3.05) is 0 Å². The lowest BCUT2D eigenvalue weighted by Gasteiger charge is -2.25. The van der Waals surface area contributed by atoms with E-state index in [0.717, 1.165) is 12.0 Å². The van der Waals surface area contributed by atoms with Gasteiger partial charge < -0.3 is 5.11 Å². The van der Waals surface area contributed by atoms with Crippen molar-refractivity contribution < 1.29 is 9.50 Å². The summed E-state index contributed by atoms with van der Waals surface area (Å²) in [7, 11) is 0. The molecule has 0 saturated heterocycles. The molecule has 0 heterocycles. The largest absolute Gasteiger partial charge is 0.381 e. The Morgan fingerprint density at radius 3 is 2.16 bits per heavy atom. The van der Waals surface area contributed by atoms with E-state index in [1.165, 1.54) is 11.6 Å². The lowest BCUT2D eigenvalue weighted by atomic mass is 9.87. The second-order valence-corrected chi connectivity index (χ2v) is 5.09. The van der Waals surface area contributed by atoms with Crippen molar-refractivity contribution >= 4 is 0 Å². The van der Waals surface area contributed by atoms with Crippen LogP contribution in [0.5, 0.6) is 0 Å². The maximum absolute atomic E-state index is 13.6. The standard InChI is InChI=1S/C17H19FO/c1-4-13-6-9-14(10-7-13)17(3,19)15-8-5-12(2)16(18)11-15/h5-11,19H,4H2,1-3H3. The molecule has 1 unspecified atom stereocenters. The zero-order valence-electron chi connectivity index (χ0n) is 11.6. The van der Waals surface area contributed by atoms with Crippen LogP contribution in [0.4, 0.5) is 4.39 Å². The molecule has 0 aliphatic rings. The fraction of sp³-hybridized carbons (Fsp3) is 0.294. The summed E-state index contributed by atoms with van der Waals surface area (Å²) in [6.07, 6.45) is 0.960. The minimum atomic E-state index is -1.18. The molecule has 0 saturated carbocycles. The third-order valence-electron chi connectivity index (χ3n) is 3.66. The van der Waals surface area contributed by atoms with Gasteiger partial charge in [-0.05, 0) is 48.6 Å². The van der Waals surface area contributed by atoms with Gasteiger partial charge in [0.05, 0.1) is 0 Å². The first-order chi connectivity index (χ1) is 8.95. The number of halogens is 1. The van der Waals surface area contributed by atoms with Gasteiger partial charge in [-0.3, -0.25) is 0 Å². The Balaban J connectivity index is 2.41. The maximum Gasteiger partial charge on any atom is 0.126 e. The van der Waals surface area contributed by atoms with Crippen molar-refractivity contribution in [1.82, 2.24) is 0 Å². The van der Waals surface area contributed by atoms with Crippen molar-refractivity contribution in [3.8, 4) is 0 Å². The lowest BCUT2D eigenvalue weighted by Crippen LogP contribution is -2.23. The van der Waals surface area contributed by atoms with Crippen LogP contribution in [0, 0.1) is 12.7 Å². The van der Waals surface area contributed by atoms with Crippen molar-refractivity contribution in [1.29, 1.82) is 0 Å². The van der Waals surface area contributed by atoms with Gasteiger partial charge in [-0.15, -0.1) is 0 Å². The quantitative estimate of drug-likeness (QED) is 0.883. The Bertz CT molecular complexity index is 570. The molecule has 2 aromatic carbocycles. The fourth-order valence-electron chi connectivity index (χ4n) is 2.13. The second-order valence-electron chi connectivity index (χ2n) is 5.09. The van der Waals surface area contributed by atoms with Gasteiger partial charge in [0.15, 0.2) is 0 Å². The molecular formula is C17H19FO. The van der Waals surface area contributed by atoms with Crippen LogP contribution in [-0.2, 0) is 12.0 Å². The van der Waals surface area contributed by atoms with E-state index in [4.69, 9.17) is 0 Å². The number of aliphatic hydroxyl groups is 1. The first-order valence-corrected chi connectivity index (χ1v) is 6.53. The van der Waals surface area contributed by atoms with Crippen LogP contribution in [0.1, 0.15) is 36.1 Å². The normalized spacial score (nSPS) is 14.2.